The number of carbonyl (C=O) groups is 2. The van der Waals surface area contributed by atoms with E-state index >= 15 is 0 Å². The zero-order valence-corrected chi connectivity index (χ0v) is 14.8. The van der Waals surface area contributed by atoms with Crippen LogP contribution in [0, 0.1) is 5.41 Å². The highest BCUT2D eigenvalue weighted by atomic mass is 16.3. The fraction of sp³-hybridized carbons (Fsp3) is 0.333. The predicted octanol–water partition coefficient (Wildman–Crippen LogP) is 1.96. The third-order valence-electron chi connectivity index (χ3n) is 4.64. The molecule has 0 aromatic heterocycles. The van der Waals surface area contributed by atoms with Crippen LogP contribution in [0.3, 0.4) is 0 Å². The number of hydrogen-bond acceptors (Lipinski definition) is 3. The molecule has 0 saturated carbocycles. The molecule has 1 unspecified atom stereocenters. The van der Waals surface area contributed by atoms with E-state index in [2.05, 4.69) is 0 Å². The van der Waals surface area contributed by atoms with Crippen LogP contribution in [0.25, 0.3) is 0 Å². The topological polar surface area (TPSA) is 106 Å². The molecule has 0 aliphatic rings. The first-order valence-electron chi connectivity index (χ1n) is 8.75. The zero-order valence-electron chi connectivity index (χ0n) is 14.8. The third kappa shape index (κ3) is 5.70. The standard InChI is InChI=1S/C21H26N2O3/c22-19(25)12-11-18(24)15-21(20(23)26,13-16-7-3-1-4-8-16)14-17-9-5-2-6-10-17/h1-10,18,24H,11-15H2,(H2,22,25)(H2,23,26). The van der Waals surface area contributed by atoms with Crippen molar-refractivity contribution in [2.24, 2.45) is 16.9 Å². The van der Waals surface area contributed by atoms with Gasteiger partial charge in [-0.15, -0.1) is 0 Å². The first-order chi connectivity index (χ1) is 12.4. The highest BCUT2D eigenvalue weighted by Gasteiger charge is 2.39. The molecule has 2 amide bonds. The van der Waals surface area contributed by atoms with Crippen molar-refractivity contribution in [2.45, 2.75) is 38.2 Å². The third-order valence-corrected chi connectivity index (χ3v) is 4.64. The van der Waals surface area contributed by atoms with E-state index in [1.807, 2.05) is 60.7 Å². The molecule has 2 aromatic carbocycles. The van der Waals surface area contributed by atoms with Crippen molar-refractivity contribution in [1.29, 1.82) is 0 Å². The molecule has 2 aromatic rings. The van der Waals surface area contributed by atoms with Crippen molar-refractivity contribution in [3.8, 4) is 0 Å². The molecule has 138 valence electrons. The quantitative estimate of drug-likeness (QED) is 0.607. The summed E-state index contributed by atoms with van der Waals surface area (Å²) in [6.45, 7) is 0. The monoisotopic (exact) mass is 354 g/mol. The van der Waals surface area contributed by atoms with E-state index in [-0.39, 0.29) is 19.3 Å². The maximum absolute atomic E-state index is 12.5. The summed E-state index contributed by atoms with van der Waals surface area (Å²) >= 11 is 0. The summed E-state index contributed by atoms with van der Waals surface area (Å²) < 4.78 is 0. The highest BCUT2D eigenvalue weighted by Crippen LogP contribution is 2.34. The lowest BCUT2D eigenvalue weighted by molar-refractivity contribution is -0.129. The van der Waals surface area contributed by atoms with Gasteiger partial charge in [0.15, 0.2) is 0 Å². The number of benzene rings is 2. The van der Waals surface area contributed by atoms with E-state index in [1.54, 1.807) is 0 Å². The Kier molecular flexibility index (Phi) is 6.92. The lowest BCUT2D eigenvalue weighted by Gasteiger charge is -2.33. The maximum Gasteiger partial charge on any atom is 0.224 e. The summed E-state index contributed by atoms with van der Waals surface area (Å²) in [6.07, 6.45) is 0.486. The smallest absolute Gasteiger partial charge is 0.224 e. The van der Waals surface area contributed by atoms with Gasteiger partial charge in [-0.25, -0.2) is 0 Å². The molecule has 5 nitrogen and oxygen atoms in total. The predicted molar refractivity (Wildman–Crippen MR) is 101 cm³/mol. The first kappa shape index (κ1) is 19.7. The lowest BCUT2D eigenvalue weighted by atomic mass is 9.71. The molecule has 0 aliphatic carbocycles. The molecular formula is C21H26N2O3. The minimum atomic E-state index is -0.945. The second-order valence-electron chi connectivity index (χ2n) is 6.83. The summed E-state index contributed by atoms with van der Waals surface area (Å²) in [5.74, 6) is -0.928. The van der Waals surface area contributed by atoms with Gasteiger partial charge in [-0.3, -0.25) is 9.59 Å². The molecule has 26 heavy (non-hydrogen) atoms. The van der Waals surface area contributed by atoms with E-state index < -0.39 is 23.3 Å². The van der Waals surface area contributed by atoms with Gasteiger partial charge in [0.2, 0.25) is 11.8 Å². The Bertz CT molecular complexity index is 675. The van der Waals surface area contributed by atoms with Crippen molar-refractivity contribution in [3.63, 3.8) is 0 Å². The van der Waals surface area contributed by atoms with Gasteiger partial charge in [-0.05, 0) is 36.8 Å². The molecular weight excluding hydrogens is 328 g/mol. The fourth-order valence-electron chi connectivity index (χ4n) is 3.32. The Morgan fingerprint density at radius 2 is 1.35 bits per heavy atom. The normalized spacial score (nSPS) is 12.5. The SMILES string of the molecule is NC(=O)CCC(O)CC(Cc1ccccc1)(Cc1ccccc1)C(N)=O. The van der Waals surface area contributed by atoms with E-state index in [1.165, 1.54) is 0 Å². The molecule has 0 radical (unpaired) electrons. The van der Waals surface area contributed by atoms with E-state index in [0.29, 0.717) is 12.8 Å². The van der Waals surface area contributed by atoms with Gasteiger partial charge in [0.05, 0.1) is 11.5 Å². The Morgan fingerprint density at radius 3 is 1.73 bits per heavy atom. The number of aliphatic hydroxyl groups excluding tert-OH is 1. The Labute approximate surface area is 154 Å². The second-order valence-corrected chi connectivity index (χ2v) is 6.83. The van der Waals surface area contributed by atoms with Crippen molar-refractivity contribution in [3.05, 3.63) is 71.8 Å². The average Bonchev–Trinajstić information content (AvgIpc) is 2.61. The first-order valence-corrected chi connectivity index (χ1v) is 8.75. The van der Waals surface area contributed by atoms with Crippen LogP contribution < -0.4 is 11.5 Å². The van der Waals surface area contributed by atoms with Crippen LogP contribution in [-0.2, 0) is 22.4 Å². The molecule has 0 saturated heterocycles. The summed E-state index contributed by atoms with van der Waals surface area (Å²) in [5, 5.41) is 10.4. The summed E-state index contributed by atoms with van der Waals surface area (Å²) in [4.78, 5) is 23.5. The molecule has 0 aliphatic heterocycles. The Balaban J connectivity index is 2.29. The van der Waals surface area contributed by atoms with Gasteiger partial charge < -0.3 is 16.6 Å². The molecule has 0 bridgehead atoms. The van der Waals surface area contributed by atoms with Gasteiger partial charge in [0.1, 0.15) is 0 Å². The highest BCUT2D eigenvalue weighted by molar-refractivity contribution is 5.81. The minimum Gasteiger partial charge on any atom is -0.393 e. The van der Waals surface area contributed by atoms with Crippen molar-refractivity contribution in [1.82, 2.24) is 0 Å². The van der Waals surface area contributed by atoms with Crippen LogP contribution in [0.15, 0.2) is 60.7 Å². The molecule has 0 fully saturated rings. The van der Waals surface area contributed by atoms with Crippen LogP contribution in [0.4, 0.5) is 0 Å². The summed E-state index contributed by atoms with van der Waals surface area (Å²) in [6, 6.07) is 19.2. The maximum atomic E-state index is 12.5. The van der Waals surface area contributed by atoms with Crippen LogP contribution in [0.1, 0.15) is 30.4 Å². The van der Waals surface area contributed by atoms with Crippen LogP contribution in [0.2, 0.25) is 0 Å². The number of primary amides is 2. The number of hydrogen-bond donors (Lipinski definition) is 3. The summed E-state index contributed by atoms with van der Waals surface area (Å²) in [5.41, 5.74) is 12.0. The van der Waals surface area contributed by atoms with Crippen molar-refractivity contribution >= 4 is 11.8 Å². The van der Waals surface area contributed by atoms with Crippen LogP contribution in [0.5, 0.6) is 0 Å². The van der Waals surface area contributed by atoms with E-state index in [9.17, 15) is 14.7 Å². The van der Waals surface area contributed by atoms with E-state index in [4.69, 9.17) is 11.5 Å². The molecule has 2 rings (SSSR count). The number of rotatable bonds is 10. The molecule has 1 atom stereocenters. The fourth-order valence-corrected chi connectivity index (χ4v) is 3.32. The number of nitrogens with two attached hydrogens (primary N) is 2. The minimum absolute atomic E-state index is 0.0761. The lowest BCUT2D eigenvalue weighted by Crippen LogP contribution is -2.43. The zero-order chi connectivity index (χ0) is 19.0. The molecule has 0 heterocycles. The van der Waals surface area contributed by atoms with Gasteiger partial charge in [-0.2, -0.15) is 0 Å². The Morgan fingerprint density at radius 1 is 0.885 bits per heavy atom. The summed E-state index contributed by atoms with van der Waals surface area (Å²) in [7, 11) is 0. The average molecular weight is 354 g/mol. The van der Waals surface area contributed by atoms with Crippen molar-refractivity contribution < 1.29 is 14.7 Å². The largest absolute Gasteiger partial charge is 0.393 e. The van der Waals surface area contributed by atoms with Gasteiger partial charge in [0.25, 0.3) is 0 Å². The Hall–Kier alpha value is -2.66. The van der Waals surface area contributed by atoms with Crippen LogP contribution in [-0.4, -0.2) is 23.0 Å². The van der Waals surface area contributed by atoms with Gasteiger partial charge in [-0.1, -0.05) is 60.7 Å². The second kappa shape index (κ2) is 9.15. The van der Waals surface area contributed by atoms with Crippen molar-refractivity contribution in [2.75, 3.05) is 0 Å². The number of carbonyl (C=O) groups excluding carboxylic acids is 2. The van der Waals surface area contributed by atoms with Crippen LogP contribution >= 0.6 is 0 Å². The molecule has 5 heteroatoms. The van der Waals surface area contributed by atoms with Gasteiger partial charge >= 0.3 is 0 Å². The molecule has 0 spiro atoms. The van der Waals surface area contributed by atoms with E-state index in [0.717, 1.165) is 11.1 Å². The molecule has 5 N–H and O–H groups in total. The number of amides is 2. The number of aliphatic hydroxyl groups is 1. The van der Waals surface area contributed by atoms with Gasteiger partial charge in [0, 0.05) is 6.42 Å².